The van der Waals surface area contributed by atoms with Gasteiger partial charge in [0.1, 0.15) is 0 Å². The second-order valence-electron chi connectivity index (χ2n) is 3.08. The molecule has 0 saturated heterocycles. The summed E-state index contributed by atoms with van der Waals surface area (Å²) in [6.45, 7) is 6.65. The lowest BCUT2D eigenvalue weighted by Crippen LogP contribution is -2.15. The molecule has 0 aromatic carbocycles. The van der Waals surface area contributed by atoms with Crippen LogP contribution in [-0.4, -0.2) is 18.1 Å². The first kappa shape index (κ1) is 11.0. The van der Waals surface area contributed by atoms with Crippen molar-refractivity contribution in [3.63, 3.8) is 0 Å². The monoisotopic (exact) mass is 194 g/mol. The molecular weight excluding hydrogens is 176 g/mol. The third kappa shape index (κ3) is 3.34. The van der Waals surface area contributed by atoms with Gasteiger partial charge in [0.2, 0.25) is 5.88 Å². The molecule has 1 rings (SSSR count). The molecule has 0 amide bonds. The van der Waals surface area contributed by atoms with Crippen LogP contribution in [-0.2, 0) is 6.54 Å². The molecule has 78 valence electrons. The largest absolute Gasteiger partial charge is 0.478 e. The summed E-state index contributed by atoms with van der Waals surface area (Å²) in [6, 6.07) is 3.98. The Hall–Kier alpha value is -1.09. The summed E-state index contributed by atoms with van der Waals surface area (Å²) in [6.07, 6.45) is 2.90. The highest BCUT2D eigenvalue weighted by Crippen LogP contribution is 2.13. The van der Waals surface area contributed by atoms with Crippen molar-refractivity contribution >= 4 is 0 Å². The van der Waals surface area contributed by atoms with E-state index in [2.05, 4.69) is 17.2 Å². The molecule has 14 heavy (non-hydrogen) atoms. The van der Waals surface area contributed by atoms with Crippen molar-refractivity contribution in [1.82, 2.24) is 10.3 Å². The van der Waals surface area contributed by atoms with Crippen molar-refractivity contribution in [3.8, 4) is 5.88 Å². The van der Waals surface area contributed by atoms with Crippen molar-refractivity contribution in [3.05, 3.63) is 23.9 Å². The van der Waals surface area contributed by atoms with Gasteiger partial charge in [0, 0.05) is 18.3 Å². The van der Waals surface area contributed by atoms with Gasteiger partial charge in [-0.3, -0.25) is 0 Å². The molecule has 0 atom stereocenters. The molecule has 3 nitrogen and oxygen atoms in total. The zero-order valence-electron chi connectivity index (χ0n) is 8.92. The maximum absolute atomic E-state index is 5.42. The summed E-state index contributed by atoms with van der Waals surface area (Å²) in [5, 5.41) is 3.33. The van der Waals surface area contributed by atoms with Gasteiger partial charge in [-0.15, -0.1) is 0 Å². The third-order valence-corrected chi connectivity index (χ3v) is 1.87. The number of hydrogen-bond donors (Lipinski definition) is 1. The van der Waals surface area contributed by atoms with Crippen molar-refractivity contribution in [1.29, 1.82) is 0 Å². The molecule has 1 N–H and O–H groups in total. The highest BCUT2D eigenvalue weighted by Gasteiger charge is 2.02. The first-order chi connectivity index (χ1) is 6.88. The lowest BCUT2D eigenvalue weighted by Gasteiger charge is -2.08. The van der Waals surface area contributed by atoms with E-state index < -0.39 is 0 Å². The Balaban J connectivity index is 2.55. The molecule has 0 fully saturated rings. The minimum Gasteiger partial charge on any atom is -0.478 e. The average molecular weight is 194 g/mol. The van der Waals surface area contributed by atoms with Crippen LogP contribution in [0.25, 0.3) is 0 Å². The Kier molecular flexibility index (Phi) is 5.00. The lowest BCUT2D eigenvalue weighted by molar-refractivity contribution is 0.322. The summed E-state index contributed by atoms with van der Waals surface area (Å²) in [7, 11) is 0. The minimum atomic E-state index is 0.664. The van der Waals surface area contributed by atoms with E-state index in [1.54, 1.807) is 6.20 Å². The number of aromatic nitrogens is 1. The first-order valence-electron chi connectivity index (χ1n) is 5.15. The Bertz CT molecular complexity index is 263. The lowest BCUT2D eigenvalue weighted by atomic mass is 10.2. The zero-order chi connectivity index (χ0) is 10.2. The number of hydrogen-bond acceptors (Lipinski definition) is 3. The van der Waals surface area contributed by atoms with Gasteiger partial charge in [-0.1, -0.05) is 13.0 Å². The molecule has 0 aliphatic heterocycles. The van der Waals surface area contributed by atoms with Gasteiger partial charge in [-0.2, -0.15) is 0 Å². The average Bonchev–Trinajstić information content (AvgIpc) is 2.21. The SMILES string of the molecule is CCCNCc1cccnc1OCC. The van der Waals surface area contributed by atoms with Crippen molar-refractivity contribution in [2.24, 2.45) is 0 Å². The first-order valence-corrected chi connectivity index (χ1v) is 5.15. The normalized spacial score (nSPS) is 10.1. The van der Waals surface area contributed by atoms with Crippen molar-refractivity contribution in [2.75, 3.05) is 13.2 Å². The van der Waals surface area contributed by atoms with E-state index in [1.807, 2.05) is 19.1 Å². The smallest absolute Gasteiger partial charge is 0.217 e. The van der Waals surface area contributed by atoms with Crippen LogP contribution in [0.3, 0.4) is 0 Å². The third-order valence-electron chi connectivity index (χ3n) is 1.87. The van der Waals surface area contributed by atoms with Crippen LogP contribution in [0, 0.1) is 0 Å². The quantitative estimate of drug-likeness (QED) is 0.703. The maximum Gasteiger partial charge on any atom is 0.217 e. The Morgan fingerprint density at radius 1 is 1.43 bits per heavy atom. The summed E-state index contributed by atoms with van der Waals surface area (Å²) >= 11 is 0. The molecule has 0 aliphatic rings. The van der Waals surface area contributed by atoms with E-state index in [9.17, 15) is 0 Å². The highest BCUT2D eigenvalue weighted by molar-refractivity contribution is 5.25. The summed E-state index contributed by atoms with van der Waals surface area (Å²) in [5.74, 6) is 0.749. The molecule has 1 heterocycles. The second kappa shape index (κ2) is 6.38. The number of pyridine rings is 1. The Morgan fingerprint density at radius 2 is 2.29 bits per heavy atom. The predicted molar refractivity (Wildman–Crippen MR) is 57.4 cm³/mol. The van der Waals surface area contributed by atoms with Gasteiger partial charge in [0.05, 0.1) is 6.61 Å². The molecule has 0 radical (unpaired) electrons. The molecular formula is C11H18N2O. The summed E-state index contributed by atoms with van der Waals surface area (Å²) in [5.41, 5.74) is 1.13. The van der Waals surface area contributed by atoms with Gasteiger partial charge in [0.15, 0.2) is 0 Å². The van der Waals surface area contributed by atoms with Crippen LogP contribution in [0.15, 0.2) is 18.3 Å². The van der Waals surface area contributed by atoms with Gasteiger partial charge < -0.3 is 10.1 Å². The molecule has 0 unspecified atom stereocenters. The van der Waals surface area contributed by atoms with Gasteiger partial charge >= 0.3 is 0 Å². The minimum absolute atomic E-state index is 0.664. The van der Waals surface area contributed by atoms with E-state index in [4.69, 9.17) is 4.74 Å². The predicted octanol–water partition coefficient (Wildman–Crippen LogP) is 1.98. The Labute approximate surface area is 85.5 Å². The van der Waals surface area contributed by atoms with Crippen LogP contribution in [0.5, 0.6) is 5.88 Å². The highest BCUT2D eigenvalue weighted by atomic mass is 16.5. The van der Waals surface area contributed by atoms with Gasteiger partial charge in [-0.25, -0.2) is 4.98 Å². The topological polar surface area (TPSA) is 34.2 Å². The molecule has 3 heteroatoms. The van der Waals surface area contributed by atoms with E-state index in [-0.39, 0.29) is 0 Å². The van der Waals surface area contributed by atoms with Crippen LogP contribution in [0.1, 0.15) is 25.8 Å². The summed E-state index contributed by atoms with van der Waals surface area (Å²) < 4.78 is 5.42. The number of nitrogens with one attached hydrogen (secondary N) is 1. The fraction of sp³-hybridized carbons (Fsp3) is 0.545. The van der Waals surface area contributed by atoms with Crippen LogP contribution >= 0.6 is 0 Å². The zero-order valence-corrected chi connectivity index (χ0v) is 8.92. The molecule has 0 aliphatic carbocycles. The van der Waals surface area contributed by atoms with E-state index >= 15 is 0 Å². The number of ether oxygens (including phenoxy) is 1. The van der Waals surface area contributed by atoms with E-state index in [1.165, 1.54) is 0 Å². The van der Waals surface area contributed by atoms with E-state index in [0.29, 0.717) is 6.61 Å². The van der Waals surface area contributed by atoms with E-state index in [0.717, 1.165) is 31.0 Å². The van der Waals surface area contributed by atoms with Crippen LogP contribution < -0.4 is 10.1 Å². The fourth-order valence-electron chi connectivity index (χ4n) is 1.23. The second-order valence-corrected chi connectivity index (χ2v) is 3.08. The molecule has 0 saturated carbocycles. The molecule has 0 bridgehead atoms. The fourth-order valence-corrected chi connectivity index (χ4v) is 1.23. The maximum atomic E-state index is 5.42. The molecule has 1 aromatic heterocycles. The van der Waals surface area contributed by atoms with Crippen LogP contribution in [0.2, 0.25) is 0 Å². The Morgan fingerprint density at radius 3 is 3.00 bits per heavy atom. The molecule has 1 aromatic rings. The van der Waals surface area contributed by atoms with Crippen molar-refractivity contribution < 1.29 is 4.74 Å². The van der Waals surface area contributed by atoms with Gasteiger partial charge in [-0.05, 0) is 26.0 Å². The summed E-state index contributed by atoms with van der Waals surface area (Å²) in [4.78, 5) is 4.18. The number of nitrogens with zero attached hydrogens (tertiary/aromatic N) is 1. The molecule has 0 spiro atoms. The van der Waals surface area contributed by atoms with Crippen LogP contribution in [0.4, 0.5) is 0 Å². The van der Waals surface area contributed by atoms with Crippen molar-refractivity contribution in [2.45, 2.75) is 26.8 Å². The standard InChI is InChI=1S/C11H18N2O/c1-3-7-12-9-10-6-5-8-13-11(10)14-4-2/h5-6,8,12H,3-4,7,9H2,1-2H3. The van der Waals surface area contributed by atoms with Gasteiger partial charge in [0.25, 0.3) is 0 Å². The number of rotatable bonds is 6.